The van der Waals surface area contributed by atoms with Crippen LogP contribution in [-0.4, -0.2) is 27.2 Å². The van der Waals surface area contributed by atoms with Crippen LogP contribution in [-0.2, 0) is 6.54 Å². The molecule has 84 valence electrons. The fourth-order valence-electron chi connectivity index (χ4n) is 1.12. The van der Waals surface area contributed by atoms with Crippen LogP contribution >= 0.6 is 0 Å². The number of nitrogen functional groups attached to an aromatic ring is 1. The smallest absolute Gasteiger partial charge is 0.223 e. The van der Waals surface area contributed by atoms with Gasteiger partial charge < -0.3 is 20.9 Å². The minimum absolute atomic E-state index is 0.197. The van der Waals surface area contributed by atoms with Crippen LogP contribution in [0.25, 0.3) is 0 Å². The average molecular weight is 221 g/mol. The summed E-state index contributed by atoms with van der Waals surface area (Å²) in [6.07, 6.45) is 1.27. The summed E-state index contributed by atoms with van der Waals surface area (Å²) in [4.78, 5) is 11.8. The van der Waals surface area contributed by atoms with Crippen LogP contribution in [0.4, 0.5) is 17.6 Å². The Bertz CT molecular complexity index is 455. The van der Waals surface area contributed by atoms with Gasteiger partial charge in [-0.25, -0.2) is 0 Å². The molecule has 0 saturated heterocycles. The van der Waals surface area contributed by atoms with E-state index in [4.69, 9.17) is 5.73 Å². The highest BCUT2D eigenvalue weighted by molar-refractivity contribution is 5.50. The van der Waals surface area contributed by atoms with Gasteiger partial charge in [-0.1, -0.05) is 5.16 Å². The van der Waals surface area contributed by atoms with Gasteiger partial charge in [0.2, 0.25) is 12.3 Å². The molecular weight excluding hydrogens is 210 g/mol. The maximum atomic E-state index is 5.53. The Labute approximate surface area is 91.3 Å². The highest BCUT2D eigenvalue weighted by atomic mass is 16.5. The van der Waals surface area contributed by atoms with E-state index in [1.54, 1.807) is 13.1 Å². The van der Waals surface area contributed by atoms with E-state index in [-0.39, 0.29) is 5.95 Å². The number of hydrogen-bond acceptors (Lipinski definition) is 8. The van der Waals surface area contributed by atoms with Crippen molar-refractivity contribution in [3.63, 3.8) is 0 Å². The van der Waals surface area contributed by atoms with E-state index >= 15 is 0 Å². The second-order valence-corrected chi connectivity index (χ2v) is 2.95. The molecule has 0 unspecified atom stereocenters. The van der Waals surface area contributed by atoms with Gasteiger partial charge in [0, 0.05) is 13.1 Å². The standard InChI is InChI=1S/C8H11N7O/c1-10-5-2-6(14-8(9)13-5)11-3-7-12-4-16-15-7/h2,4H,3H2,1H3,(H4,9,10,11,13,14). The van der Waals surface area contributed by atoms with E-state index in [2.05, 4.69) is 35.3 Å². The molecule has 2 heterocycles. The minimum atomic E-state index is 0.197. The van der Waals surface area contributed by atoms with Crippen LogP contribution in [0.3, 0.4) is 0 Å². The van der Waals surface area contributed by atoms with E-state index in [0.717, 1.165) is 0 Å². The lowest BCUT2D eigenvalue weighted by molar-refractivity contribution is 0.411. The predicted octanol–water partition coefficient (Wildman–Crippen LogP) is 0.0956. The van der Waals surface area contributed by atoms with Gasteiger partial charge in [0.1, 0.15) is 11.6 Å². The summed E-state index contributed by atoms with van der Waals surface area (Å²) in [6.45, 7) is 0.413. The van der Waals surface area contributed by atoms with E-state index in [1.165, 1.54) is 6.39 Å². The largest absolute Gasteiger partial charge is 0.373 e. The molecule has 2 aromatic rings. The van der Waals surface area contributed by atoms with E-state index in [1.807, 2.05) is 0 Å². The normalized spacial score (nSPS) is 10.1. The van der Waals surface area contributed by atoms with Crippen molar-refractivity contribution in [2.45, 2.75) is 6.54 Å². The van der Waals surface area contributed by atoms with Crippen LogP contribution in [0.1, 0.15) is 5.82 Å². The molecule has 16 heavy (non-hydrogen) atoms. The first kappa shape index (κ1) is 10.1. The SMILES string of the molecule is CNc1cc(NCc2ncon2)nc(N)n1. The molecule has 8 heteroatoms. The summed E-state index contributed by atoms with van der Waals surface area (Å²) in [7, 11) is 1.75. The van der Waals surface area contributed by atoms with Crippen molar-refractivity contribution in [3.8, 4) is 0 Å². The zero-order valence-electron chi connectivity index (χ0n) is 8.64. The quantitative estimate of drug-likeness (QED) is 0.665. The molecule has 0 aromatic carbocycles. The molecule has 0 atom stereocenters. The maximum absolute atomic E-state index is 5.53. The Morgan fingerprint density at radius 3 is 2.88 bits per heavy atom. The Balaban J connectivity index is 2.06. The number of aromatic nitrogens is 4. The van der Waals surface area contributed by atoms with E-state index < -0.39 is 0 Å². The molecule has 0 aliphatic carbocycles. The minimum Gasteiger partial charge on any atom is -0.373 e. The predicted molar refractivity (Wildman–Crippen MR) is 57.6 cm³/mol. The van der Waals surface area contributed by atoms with Crippen molar-refractivity contribution >= 4 is 17.6 Å². The first-order valence-corrected chi connectivity index (χ1v) is 4.59. The molecule has 0 aliphatic rings. The van der Waals surface area contributed by atoms with Crippen LogP contribution in [0.2, 0.25) is 0 Å². The zero-order valence-corrected chi connectivity index (χ0v) is 8.64. The molecule has 0 fully saturated rings. The lowest BCUT2D eigenvalue weighted by Gasteiger charge is -2.05. The molecule has 0 bridgehead atoms. The van der Waals surface area contributed by atoms with Crippen molar-refractivity contribution in [3.05, 3.63) is 18.3 Å². The monoisotopic (exact) mass is 221 g/mol. The fraction of sp³-hybridized carbons (Fsp3) is 0.250. The number of hydrogen-bond donors (Lipinski definition) is 3. The van der Waals surface area contributed by atoms with Crippen LogP contribution < -0.4 is 16.4 Å². The summed E-state index contributed by atoms with van der Waals surface area (Å²) in [6, 6.07) is 1.73. The van der Waals surface area contributed by atoms with Crippen LogP contribution in [0.5, 0.6) is 0 Å². The summed E-state index contributed by atoms with van der Waals surface area (Å²) < 4.78 is 4.60. The molecule has 2 aromatic heterocycles. The van der Waals surface area contributed by atoms with Gasteiger partial charge in [-0.05, 0) is 0 Å². The Hall–Kier alpha value is -2.38. The van der Waals surface area contributed by atoms with Crippen molar-refractivity contribution in [2.75, 3.05) is 23.4 Å². The van der Waals surface area contributed by atoms with Crippen LogP contribution in [0.15, 0.2) is 17.0 Å². The number of nitrogens with two attached hydrogens (primary N) is 1. The molecular formula is C8H11N7O. The molecule has 2 rings (SSSR count). The third-order valence-corrected chi connectivity index (χ3v) is 1.83. The number of nitrogens with zero attached hydrogens (tertiary/aromatic N) is 4. The number of rotatable bonds is 4. The molecule has 0 amide bonds. The Morgan fingerprint density at radius 1 is 1.38 bits per heavy atom. The zero-order chi connectivity index (χ0) is 11.4. The Morgan fingerprint density at radius 2 is 2.19 bits per heavy atom. The average Bonchev–Trinajstić information content (AvgIpc) is 2.78. The van der Waals surface area contributed by atoms with Crippen molar-refractivity contribution < 1.29 is 4.52 Å². The van der Waals surface area contributed by atoms with Crippen LogP contribution in [0, 0.1) is 0 Å². The van der Waals surface area contributed by atoms with Gasteiger partial charge in [0.15, 0.2) is 5.82 Å². The number of nitrogens with one attached hydrogen (secondary N) is 2. The third-order valence-electron chi connectivity index (χ3n) is 1.83. The second-order valence-electron chi connectivity index (χ2n) is 2.95. The van der Waals surface area contributed by atoms with Gasteiger partial charge in [-0.2, -0.15) is 15.0 Å². The molecule has 4 N–H and O–H groups in total. The van der Waals surface area contributed by atoms with Gasteiger partial charge in [-0.3, -0.25) is 0 Å². The molecule has 0 aliphatic heterocycles. The van der Waals surface area contributed by atoms with Gasteiger partial charge in [0.05, 0.1) is 6.54 Å². The topological polar surface area (TPSA) is 115 Å². The van der Waals surface area contributed by atoms with Gasteiger partial charge in [-0.15, -0.1) is 0 Å². The summed E-state index contributed by atoms with van der Waals surface area (Å²) in [5.41, 5.74) is 5.53. The third kappa shape index (κ3) is 2.35. The first-order valence-electron chi connectivity index (χ1n) is 4.59. The molecule has 0 saturated carbocycles. The van der Waals surface area contributed by atoms with E-state index in [0.29, 0.717) is 24.0 Å². The Kier molecular flexibility index (Phi) is 2.81. The lowest BCUT2D eigenvalue weighted by Crippen LogP contribution is -2.07. The van der Waals surface area contributed by atoms with Crippen molar-refractivity contribution in [1.82, 2.24) is 20.1 Å². The van der Waals surface area contributed by atoms with Crippen molar-refractivity contribution in [2.24, 2.45) is 0 Å². The molecule has 0 spiro atoms. The highest BCUT2D eigenvalue weighted by Crippen LogP contribution is 2.12. The maximum Gasteiger partial charge on any atom is 0.223 e. The van der Waals surface area contributed by atoms with E-state index in [9.17, 15) is 0 Å². The molecule has 8 nitrogen and oxygen atoms in total. The summed E-state index contributed by atoms with van der Waals surface area (Å²) >= 11 is 0. The summed E-state index contributed by atoms with van der Waals surface area (Å²) in [5, 5.41) is 9.54. The molecule has 0 radical (unpaired) electrons. The van der Waals surface area contributed by atoms with Crippen molar-refractivity contribution in [1.29, 1.82) is 0 Å². The fourth-order valence-corrected chi connectivity index (χ4v) is 1.12. The second kappa shape index (κ2) is 4.43. The highest BCUT2D eigenvalue weighted by Gasteiger charge is 2.02. The van der Waals surface area contributed by atoms with Gasteiger partial charge in [0.25, 0.3) is 0 Å². The van der Waals surface area contributed by atoms with Gasteiger partial charge >= 0.3 is 0 Å². The number of anilines is 3. The first-order chi connectivity index (χ1) is 7.78. The summed E-state index contributed by atoms with van der Waals surface area (Å²) in [5.74, 6) is 1.98. The lowest BCUT2D eigenvalue weighted by atomic mass is 10.5.